The van der Waals surface area contributed by atoms with Crippen LogP contribution in [0.25, 0.3) is 0 Å². The summed E-state index contributed by atoms with van der Waals surface area (Å²) in [7, 11) is 3.46. The third kappa shape index (κ3) is 14.7. The molecule has 24 heteroatoms. The number of aliphatic hydroxyl groups is 2. The van der Waals surface area contributed by atoms with Crippen molar-refractivity contribution in [2.45, 2.75) is 70.0 Å². The van der Waals surface area contributed by atoms with Crippen LogP contribution in [-0.2, 0) is 70.7 Å². The van der Waals surface area contributed by atoms with Crippen molar-refractivity contribution < 1.29 is 74.4 Å². The molecule has 44 heavy (non-hydrogen) atoms. The number of nitrogens with one attached hydrogen (secondary N) is 2. The molecule has 0 bridgehead atoms. The number of aliphatic hydroxyl groups excluding tert-OH is 2. The Morgan fingerprint density at radius 2 is 1.64 bits per heavy atom. The number of unbranched alkanes of at least 4 members (excludes halogenated alkanes) is 3. The Labute approximate surface area is 255 Å². The van der Waals surface area contributed by atoms with Crippen molar-refractivity contribution in [1.82, 2.24) is 20.2 Å². The number of hydrogen-bond donors (Lipinski definition) is 5. The summed E-state index contributed by atoms with van der Waals surface area (Å²) in [6.07, 6.45) is -0.191. The molecule has 6 unspecified atom stereocenters. The number of amides is 2. The van der Waals surface area contributed by atoms with Crippen molar-refractivity contribution in [2.24, 2.45) is 0 Å². The van der Waals surface area contributed by atoms with Gasteiger partial charge in [-0.25, -0.2) is 4.89 Å². The normalized spacial score (nSPS) is 19.9. The zero-order valence-electron chi connectivity index (χ0n) is 23.4. The fourth-order valence-electron chi connectivity index (χ4n) is 3.63. The van der Waals surface area contributed by atoms with Crippen LogP contribution in [0.2, 0.25) is 0 Å². The van der Waals surface area contributed by atoms with E-state index >= 15 is 0 Å². The Hall–Kier alpha value is -1.61. The SMILES string of the molecule is CCCCCCC(=O)NCCNC(=O)Cn1cc(C2OC(COOOOOOOOOOP(P)P)C(O)C2O)c(=O)nc1N. The van der Waals surface area contributed by atoms with Crippen LogP contribution in [0, 0.1) is 0 Å². The Kier molecular flexibility index (Phi) is 19.3. The molecule has 1 aromatic heterocycles. The molecule has 252 valence electrons. The first-order valence-corrected chi connectivity index (χ1v) is 17.5. The predicted octanol–water partition coefficient (Wildman–Crippen LogP) is -0.432. The Morgan fingerprint density at radius 1 is 1.00 bits per heavy atom. The molecule has 2 amide bonds. The summed E-state index contributed by atoms with van der Waals surface area (Å²) in [5.41, 5.74) is 4.76. The van der Waals surface area contributed by atoms with Gasteiger partial charge >= 0.3 is 0 Å². The number of carbonyl (C=O) groups is 2. The van der Waals surface area contributed by atoms with Gasteiger partial charge in [-0.3, -0.25) is 14.4 Å². The summed E-state index contributed by atoms with van der Waals surface area (Å²) in [5, 5.41) is 57.4. The predicted molar refractivity (Wildman–Crippen MR) is 149 cm³/mol. The summed E-state index contributed by atoms with van der Waals surface area (Å²) >= 11 is 0. The molecular weight excluding hydrogens is 659 g/mol. The number of nitrogens with zero attached hydrogens (tertiary/aromatic N) is 2. The maximum absolute atomic E-state index is 12.5. The van der Waals surface area contributed by atoms with Crippen LogP contribution in [0.5, 0.6) is 0 Å². The Morgan fingerprint density at radius 3 is 2.30 bits per heavy atom. The standard InChI is InChI=1S/C20H36N5O16P3/c1-2-3-4-5-6-14(26)22-7-8-23-15(27)10-25-9-12(19(30)24-20(25)21)18-17(29)16(28)13(32-18)11-31-33-34-35-36-37-38-39-40-41-44(42)43/h9,13,16-18,28-29H,2-8,10-11,42-43H2,1H3,(H,22,26)(H,23,27)(H2,21,24,30). The number of anilines is 1. The van der Waals surface area contributed by atoms with E-state index in [-0.39, 0.29) is 37.1 Å². The number of ether oxygens (including phenoxy) is 1. The molecule has 1 aromatic rings. The van der Waals surface area contributed by atoms with Crippen LogP contribution in [-0.4, -0.2) is 69.6 Å². The summed E-state index contributed by atoms with van der Waals surface area (Å²) in [6.45, 7) is 1.62. The van der Waals surface area contributed by atoms with Crippen LogP contribution in [0.4, 0.5) is 5.95 Å². The molecule has 2 rings (SSSR count). The van der Waals surface area contributed by atoms with Gasteiger partial charge in [0, 0.05) is 25.7 Å². The van der Waals surface area contributed by atoms with Crippen LogP contribution in [0.3, 0.4) is 0 Å². The molecule has 0 radical (unpaired) electrons. The minimum Gasteiger partial charge on any atom is -0.387 e. The van der Waals surface area contributed by atoms with E-state index in [0.717, 1.165) is 30.3 Å². The van der Waals surface area contributed by atoms with Crippen LogP contribution < -0.4 is 21.9 Å². The lowest BCUT2D eigenvalue weighted by atomic mass is 10.0. The van der Waals surface area contributed by atoms with Crippen LogP contribution in [0.15, 0.2) is 11.0 Å². The zero-order chi connectivity index (χ0) is 32.3. The van der Waals surface area contributed by atoms with E-state index < -0.39 is 50.0 Å². The molecule has 1 aliphatic heterocycles. The molecule has 1 aliphatic rings. The first-order chi connectivity index (χ1) is 21.1. The Bertz CT molecular complexity index is 1060. The van der Waals surface area contributed by atoms with Gasteiger partial charge in [-0.1, -0.05) is 44.0 Å². The second-order valence-electron chi connectivity index (χ2n) is 8.84. The average molecular weight is 695 g/mol. The second-order valence-corrected chi connectivity index (χ2v) is 14.5. The number of aromatic nitrogens is 2. The zero-order valence-corrected chi connectivity index (χ0v) is 26.6. The average Bonchev–Trinajstić information content (AvgIpc) is 3.26. The fraction of sp³-hybridized carbons (Fsp3) is 0.700. The summed E-state index contributed by atoms with van der Waals surface area (Å²) in [6, 6.07) is 0. The van der Waals surface area contributed by atoms with Crippen LogP contribution in [0.1, 0.15) is 50.7 Å². The van der Waals surface area contributed by atoms with Crippen LogP contribution >= 0.6 is 25.4 Å². The van der Waals surface area contributed by atoms with Crippen molar-refractivity contribution >= 4 is 43.1 Å². The van der Waals surface area contributed by atoms with Gasteiger partial charge < -0.3 is 35.9 Å². The molecular formula is C20H36N5O16P3. The van der Waals surface area contributed by atoms with E-state index in [4.69, 9.17) is 10.5 Å². The van der Waals surface area contributed by atoms with Gasteiger partial charge in [0.25, 0.3) is 5.56 Å². The van der Waals surface area contributed by atoms with Crippen molar-refractivity contribution in [3.63, 3.8) is 0 Å². The van der Waals surface area contributed by atoms with E-state index in [1.54, 1.807) is 0 Å². The summed E-state index contributed by atoms with van der Waals surface area (Å²) < 4.78 is 11.2. The minimum absolute atomic E-state index is 0.0960. The number of hydrogen-bond acceptors (Lipinski definition) is 18. The molecule has 1 saturated heterocycles. The molecule has 1 fully saturated rings. The summed E-state index contributed by atoms with van der Waals surface area (Å²) in [4.78, 5) is 45.0. The van der Waals surface area contributed by atoms with Crippen molar-refractivity contribution in [3.05, 3.63) is 22.1 Å². The third-order valence-electron chi connectivity index (χ3n) is 5.65. The number of rotatable bonds is 23. The van der Waals surface area contributed by atoms with Gasteiger partial charge in [0.2, 0.25) is 17.8 Å². The Balaban J connectivity index is 1.75. The second kappa shape index (κ2) is 22.0. The molecule has 21 nitrogen and oxygen atoms in total. The molecule has 0 saturated carbocycles. The van der Waals surface area contributed by atoms with E-state index in [0.29, 0.717) is 6.42 Å². The lowest BCUT2D eigenvalue weighted by molar-refractivity contribution is -0.841. The van der Waals surface area contributed by atoms with E-state index in [2.05, 4.69) is 90.3 Å². The quantitative estimate of drug-likeness (QED) is 0.0421. The molecule has 6 atom stereocenters. The van der Waals surface area contributed by atoms with E-state index in [1.165, 1.54) is 6.20 Å². The number of carbonyl (C=O) groups excluding carboxylic acids is 2. The largest absolute Gasteiger partial charge is 0.387 e. The first kappa shape index (κ1) is 38.6. The maximum Gasteiger partial charge on any atom is 0.280 e. The van der Waals surface area contributed by atoms with Crippen molar-refractivity contribution in [2.75, 3.05) is 25.4 Å². The van der Waals surface area contributed by atoms with Gasteiger partial charge in [0.1, 0.15) is 45.1 Å². The van der Waals surface area contributed by atoms with Crippen molar-refractivity contribution in [1.29, 1.82) is 0 Å². The molecule has 0 aliphatic carbocycles. The monoisotopic (exact) mass is 695 g/mol. The highest BCUT2D eigenvalue weighted by Gasteiger charge is 2.45. The van der Waals surface area contributed by atoms with Gasteiger partial charge in [-0.2, -0.15) is 9.66 Å². The highest BCUT2D eigenvalue weighted by molar-refractivity contribution is 8.41. The van der Waals surface area contributed by atoms with Gasteiger partial charge in [-0.15, -0.1) is 0 Å². The highest BCUT2D eigenvalue weighted by atomic mass is 32.4. The maximum atomic E-state index is 12.5. The lowest BCUT2D eigenvalue weighted by Gasteiger charge is -2.17. The summed E-state index contributed by atoms with van der Waals surface area (Å²) in [5.74, 6) is -0.850. The smallest absolute Gasteiger partial charge is 0.280 e. The first-order valence-electron chi connectivity index (χ1n) is 13.0. The van der Waals surface area contributed by atoms with Gasteiger partial charge in [0.15, 0.2) is 0 Å². The van der Waals surface area contributed by atoms with E-state index in [9.17, 15) is 24.6 Å². The van der Waals surface area contributed by atoms with Gasteiger partial charge in [0.05, 0.1) is 5.56 Å². The lowest BCUT2D eigenvalue weighted by Crippen LogP contribution is -2.37. The fourth-order valence-corrected chi connectivity index (χ4v) is 3.94. The topological polar surface area (TPSA) is 261 Å². The third-order valence-corrected chi connectivity index (χ3v) is 6.40. The highest BCUT2D eigenvalue weighted by Crippen LogP contribution is 2.53. The number of nitrogen functional groups attached to an aromatic ring is 1. The number of nitrogens with two attached hydrogens (primary N) is 1. The minimum atomic E-state index is -1.60. The van der Waals surface area contributed by atoms with Crippen molar-refractivity contribution in [3.8, 4) is 0 Å². The molecule has 6 N–H and O–H groups in total. The van der Waals surface area contributed by atoms with E-state index in [1.807, 2.05) is 0 Å². The molecule has 2 heterocycles. The molecule has 0 aromatic carbocycles. The van der Waals surface area contributed by atoms with Gasteiger partial charge in [-0.05, 0) is 46.7 Å². The molecule has 0 spiro atoms.